The van der Waals surface area contributed by atoms with E-state index in [0.29, 0.717) is 25.7 Å². The Balaban J connectivity index is 1.71. The summed E-state index contributed by atoms with van der Waals surface area (Å²) in [6.07, 6.45) is 3.25. The molecule has 0 spiro atoms. The number of ether oxygens (including phenoxy) is 2. The molecule has 0 saturated carbocycles. The van der Waals surface area contributed by atoms with E-state index in [2.05, 4.69) is 4.98 Å². The summed E-state index contributed by atoms with van der Waals surface area (Å²) < 4.78 is 12.2. The summed E-state index contributed by atoms with van der Waals surface area (Å²) in [6.45, 7) is 0.116. The van der Waals surface area contributed by atoms with Gasteiger partial charge in [-0.25, -0.2) is 4.79 Å². The number of unbranched alkanes of at least 4 members (excludes halogenated alkanes) is 1. The Labute approximate surface area is 138 Å². The molecule has 9 nitrogen and oxygen atoms in total. The number of nitrogens with two attached hydrogens (primary N) is 1. The minimum absolute atomic E-state index is 0.0467. The quantitative estimate of drug-likeness (QED) is 0.522. The van der Waals surface area contributed by atoms with E-state index in [9.17, 15) is 14.4 Å². The molecule has 2 atom stereocenters. The molecule has 1 aromatic heterocycles. The first-order valence-corrected chi connectivity index (χ1v) is 7.83. The van der Waals surface area contributed by atoms with Crippen LogP contribution in [0.15, 0.2) is 17.1 Å². The normalized spacial score (nSPS) is 20.0. The van der Waals surface area contributed by atoms with Gasteiger partial charge in [0.05, 0.1) is 6.10 Å². The van der Waals surface area contributed by atoms with Crippen molar-refractivity contribution < 1.29 is 24.2 Å². The van der Waals surface area contributed by atoms with Crippen LogP contribution in [0.3, 0.4) is 0 Å². The van der Waals surface area contributed by atoms with Crippen LogP contribution in [-0.2, 0) is 19.1 Å². The Morgan fingerprint density at radius 3 is 2.83 bits per heavy atom. The van der Waals surface area contributed by atoms with Crippen LogP contribution < -0.4 is 11.4 Å². The second-order valence-corrected chi connectivity index (χ2v) is 5.62. The maximum absolute atomic E-state index is 11.8. The van der Waals surface area contributed by atoms with Gasteiger partial charge in [0, 0.05) is 19.0 Å². The third-order valence-corrected chi connectivity index (χ3v) is 3.70. The van der Waals surface area contributed by atoms with Crippen molar-refractivity contribution in [2.75, 3.05) is 12.3 Å². The fourth-order valence-electron chi connectivity index (χ4n) is 2.46. The Hall–Kier alpha value is -2.42. The lowest BCUT2D eigenvalue weighted by molar-refractivity contribution is -0.149. The fraction of sp³-hybridized carbons (Fsp3) is 0.600. The minimum atomic E-state index is -0.874. The zero-order valence-electron chi connectivity index (χ0n) is 13.2. The van der Waals surface area contributed by atoms with Crippen LogP contribution in [0.4, 0.5) is 5.82 Å². The van der Waals surface area contributed by atoms with E-state index in [0.717, 1.165) is 0 Å². The van der Waals surface area contributed by atoms with Crippen LogP contribution in [0.25, 0.3) is 0 Å². The highest BCUT2D eigenvalue weighted by atomic mass is 16.6. The molecule has 0 radical (unpaired) electrons. The number of rotatable bonds is 8. The monoisotopic (exact) mass is 339 g/mol. The smallest absolute Gasteiger partial charge is 0.351 e. The maximum atomic E-state index is 11.8. The Bertz CT molecular complexity index is 644. The summed E-state index contributed by atoms with van der Waals surface area (Å²) in [5, 5.41) is 8.51. The second-order valence-electron chi connectivity index (χ2n) is 5.62. The molecule has 0 unspecified atom stereocenters. The number of carbonyl (C=O) groups excluding carboxylic acids is 1. The van der Waals surface area contributed by atoms with E-state index in [1.54, 1.807) is 0 Å². The van der Waals surface area contributed by atoms with E-state index in [-0.39, 0.29) is 37.3 Å². The van der Waals surface area contributed by atoms with E-state index < -0.39 is 17.9 Å². The Morgan fingerprint density at radius 2 is 2.12 bits per heavy atom. The predicted molar refractivity (Wildman–Crippen MR) is 83.1 cm³/mol. The first-order chi connectivity index (χ1) is 11.5. The lowest BCUT2D eigenvalue weighted by Crippen LogP contribution is -2.28. The summed E-state index contributed by atoms with van der Waals surface area (Å²) in [4.78, 5) is 37.4. The molecule has 1 aliphatic rings. The van der Waals surface area contributed by atoms with Crippen molar-refractivity contribution in [1.29, 1.82) is 0 Å². The third-order valence-electron chi connectivity index (χ3n) is 3.70. The summed E-state index contributed by atoms with van der Waals surface area (Å²) in [6, 6.07) is 1.52. The molecule has 9 heteroatoms. The number of aromatic nitrogens is 2. The molecule has 0 aliphatic carbocycles. The molecular formula is C15H21N3O6. The van der Waals surface area contributed by atoms with Crippen molar-refractivity contribution in [2.45, 2.75) is 50.9 Å². The molecule has 2 rings (SSSR count). The Kier molecular flexibility index (Phi) is 6.30. The van der Waals surface area contributed by atoms with Gasteiger partial charge in [-0.2, -0.15) is 4.98 Å². The molecule has 0 amide bonds. The lowest BCUT2D eigenvalue weighted by atomic mass is 10.2. The van der Waals surface area contributed by atoms with Gasteiger partial charge in [0.25, 0.3) is 0 Å². The van der Waals surface area contributed by atoms with E-state index in [1.807, 2.05) is 0 Å². The molecule has 1 aromatic rings. The molecule has 3 N–H and O–H groups in total. The van der Waals surface area contributed by atoms with Gasteiger partial charge in [-0.3, -0.25) is 14.2 Å². The topological polar surface area (TPSA) is 134 Å². The molecule has 1 aliphatic heterocycles. The van der Waals surface area contributed by atoms with E-state index >= 15 is 0 Å². The molecule has 132 valence electrons. The molecule has 1 saturated heterocycles. The SMILES string of the molecule is Nc1ccn([C@H]2CC[C@@H](COC(=O)CCCCC(=O)O)O2)c(=O)n1. The minimum Gasteiger partial charge on any atom is -0.481 e. The molecular weight excluding hydrogens is 318 g/mol. The van der Waals surface area contributed by atoms with E-state index in [1.165, 1.54) is 16.8 Å². The number of nitrogen functional groups attached to an aromatic ring is 1. The van der Waals surface area contributed by atoms with Crippen molar-refractivity contribution in [3.8, 4) is 0 Å². The first kappa shape index (κ1) is 17.9. The van der Waals surface area contributed by atoms with Crippen molar-refractivity contribution in [3.63, 3.8) is 0 Å². The highest BCUT2D eigenvalue weighted by Crippen LogP contribution is 2.27. The summed E-state index contributed by atoms with van der Waals surface area (Å²) >= 11 is 0. The number of carbonyl (C=O) groups is 2. The summed E-state index contributed by atoms with van der Waals surface area (Å²) in [5.74, 6) is -1.09. The van der Waals surface area contributed by atoms with Crippen LogP contribution in [0.2, 0.25) is 0 Å². The Morgan fingerprint density at radius 1 is 1.38 bits per heavy atom. The number of esters is 1. The largest absolute Gasteiger partial charge is 0.481 e. The first-order valence-electron chi connectivity index (χ1n) is 7.83. The molecule has 0 bridgehead atoms. The van der Waals surface area contributed by atoms with Crippen molar-refractivity contribution in [3.05, 3.63) is 22.7 Å². The molecule has 2 heterocycles. The van der Waals surface area contributed by atoms with Gasteiger partial charge in [-0.05, 0) is 31.7 Å². The standard InChI is InChI=1S/C15H21N3O6/c16-11-7-8-18(15(22)17-11)12-6-5-10(24-12)9-23-14(21)4-2-1-3-13(19)20/h7-8,10,12H,1-6,9H2,(H,19,20)(H2,16,17,22)/t10-,12+/m0/s1. The van der Waals surface area contributed by atoms with Crippen molar-refractivity contribution in [2.24, 2.45) is 0 Å². The third kappa shape index (κ3) is 5.34. The average Bonchev–Trinajstić information content (AvgIpc) is 2.98. The zero-order chi connectivity index (χ0) is 17.5. The number of hydrogen-bond acceptors (Lipinski definition) is 7. The van der Waals surface area contributed by atoms with Crippen LogP contribution >= 0.6 is 0 Å². The summed E-state index contributed by atoms with van der Waals surface area (Å²) in [7, 11) is 0. The number of nitrogens with zero attached hydrogens (tertiary/aromatic N) is 2. The second kappa shape index (κ2) is 8.44. The predicted octanol–water partition coefficient (Wildman–Crippen LogP) is 0.691. The number of aliphatic carboxylic acids is 1. The number of hydrogen-bond donors (Lipinski definition) is 2. The van der Waals surface area contributed by atoms with Gasteiger partial charge >= 0.3 is 17.6 Å². The lowest BCUT2D eigenvalue weighted by Gasteiger charge is -2.15. The van der Waals surface area contributed by atoms with Gasteiger partial charge in [0.2, 0.25) is 0 Å². The van der Waals surface area contributed by atoms with Gasteiger partial charge in [0.15, 0.2) is 0 Å². The highest BCUT2D eigenvalue weighted by molar-refractivity contribution is 5.69. The molecule has 24 heavy (non-hydrogen) atoms. The average molecular weight is 339 g/mol. The van der Waals surface area contributed by atoms with Crippen LogP contribution in [0, 0.1) is 0 Å². The number of carboxylic acid groups (broad SMARTS) is 1. The van der Waals surface area contributed by atoms with Crippen LogP contribution in [0.5, 0.6) is 0 Å². The van der Waals surface area contributed by atoms with Gasteiger partial charge in [-0.1, -0.05) is 0 Å². The van der Waals surface area contributed by atoms with Gasteiger partial charge in [0.1, 0.15) is 18.7 Å². The maximum Gasteiger partial charge on any atom is 0.351 e. The summed E-state index contributed by atoms with van der Waals surface area (Å²) in [5.41, 5.74) is 4.97. The number of carboxylic acids is 1. The van der Waals surface area contributed by atoms with Crippen LogP contribution in [0.1, 0.15) is 44.8 Å². The molecule has 0 aromatic carbocycles. The van der Waals surface area contributed by atoms with Crippen molar-refractivity contribution >= 4 is 17.8 Å². The zero-order valence-corrected chi connectivity index (χ0v) is 13.2. The van der Waals surface area contributed by atoms with Crippen molar-refractivity contribution in [1.82, 2.24) is 9.55 Å². The van der Waals surface area contributed by atoms with Gasteiger partial charge in [-0.15, -0.1) is 0 Å². The number of anilines is 1. The van der Waals surface area contributed by atoms with Crippen LogP contribution in [-0.4, -0.2) is 39.3 Å². The van der Waals surface area contributed by atoms with Gasteiger partial charge < -0.3 is 20.3 Å². The highest BCUT2D eigenvalue weighted by Gasteiger charge is 2.28. The fourth-order valence-corrected chi connectivity index (χ4v) is 2.46. The molecule has 1 fully saturated rings. The van der Waals surface area contributed by atoms with E-state index in [4.69, 9.17) is 20.3 Å².